The third kappa shape index (κ3) is 3.55. The second-order valence-electron chi connectivity index (χ2n) is 6.40. The minimum atomic E-state index is -0.244. The third-order valence-corrected chi connectivity index (χ3v) is 5.67. The molecule has 4 rings (SSSR count). The molecule has 0 saturated heterocycles. The van der Waals surface area contributed by atoms with Crippen molar-refractivity contribution in [2.45, 2.75) is 13.8 Å². The number of fused-ring (bicyclic) bond motifs is 1. The van der Waals surface area contributed by atoms with Crippen LogP contribution < -0.4 is 10.2 Å². The zero-order chi connectivity index (χ0) is 19.5. The lowest BCUT2D eigenvalue weighted by Crippen LogP contribution is -2.21. The van der Waals surface area contributed by atoms with Crippen LogP contribution in [0.5, 0.6) is 0 Å². The molecule has 28 heavy (non-hydrogen) atoms. The first kappa shape index (κ1) is 18.4. The standard InChI is InChI=1S/C22H21FN4S/c1-3-27(4-2)18-11-9-17(10-12-18)26-21-20-19(13-28-22(20)25-14-24-21)15-5-7-16(23)8-6-15/h5-14H,3-4H2,1-2H3,(H,24,25,26). The van der Waals surface area contributed by atoms with E-state index in [1.807, 2.05) is 5.38 Å². The fourth-order valence-electron chi connectivity index (χ4n) is 3.29. The molecule has 0 saturated carbocycles. The minimum absolute atomic E-state index is 0.244. The Morgan fingerprint density at radius 3 is 2.36 bits per heavy atom. The summed E-state index contributed by atoms with van der Waals surface area (Å²) in [6, 6.07) is 14.9. The van der Waals surface area contributed by atoms with E-state index in [4.69, 9.17) is 0 Å². The van der Waals surface area contributed by atoms with Gasteiger partial charge in [-0.25, -0.2) is 14.4 Å². The largest absolute Gasteiger partial charge is 0.372 e. The molecule has 0 unspecified atom stereocenters. The Labute approximate surface area is 167 Å². The van der Waals surface area contributed by atoms with Crippen LogP contribution in [0.3, 0.4) is 0 Å². The maximum absolute atomic E-state index is 13.3. The fraction of sp³-hybridized carbons (Fsp3) is 0.182. The van der Waals surface area contributed by atoms with E-state index in [1.165, 1.54) is 17.8 Å². The molecule has 0 atom stereocenters. The Morgan fingerprint density at radius 1 is 0.964 bits per heavy atom. The summed E-state index contributed by atoms with van der Waals surface area (Å²) in [4.78, 5) is 12.1. The van der Waals surface area contributed by atoms with Gasteiger partial charge in [-0.05, 0) is 55.8 Å². The van der Waals surface area contributed by atoms with Crippen molar-refractivity contribution in [2.24, 2.45) is 0 Å². The average Bonchev–Trinajstić information content (AvgIpc) is 3.16. The maximum Gasteiger partial charge on any atom is 0.143 e. The molecular weight excluding hydrogens is 371 g/mol. The smallest absolute Gasteiger partial charge is 0.143 e. The lowest BCUT2D eigenvalue weighted by atomic mass is 10.1. The first-order valence-corrected chi connectivity index (χ1v) is 10.2. The summed E-state index contributed by atoms with van der Waals surface area (Å²) < 4.78 is 13.3. The van der Waals surface area contributed by atoms with Gasteiger partial charge in [0.25, 0.3) is 0 Å². The summed E-state index contributed by atoms with van der Waals surface area (Å²) >= 11 is 1.56. The molecule has 0 bridgehead atoms. The highest BCUT2D eigenvalue weighted by Crippen LogP contribution is 2.37. The summed E-state index contributed by atoms with van der Waals surface area (Å²) in [6.45, 7) is 6.26. The zero-order valence-electron chi connectivity index (χ0n) is 15.8. The predicted molar refractivity (Wildman–Crippen MR) is 116 cm³/mol. The Morgan fingerprint density at radius 2 is 1.68 bits per heavy atom. The lowest BCUT2D eigenvalue weighted by molar-refractivity contribution is 0.628. The van der Waals surface area contributed by atoms with Crippen LogP contribution in [0.2, 0.25) is 0 Å². The highest BCUT2D eigenvalue weighted by Gasteiger charge is 2.13. The van der Waals surface area contributed by atoms with Gasteiger partial charge in [-0.2, -0.15) is 0 Å². The predicted octanol–water partition coefficient (Wildman–Crippen LogP) is 6.09. The van der Waals surface area contributed by atoms with E-state index >= 15 is 0 Å². The van der Waals surface area contributed by atoms with Crippen molar-refractivity contribution >= 4 is 38.7 Å². The van der Waals surface area contributed by atoms with Gasteiger partial charge in [0.1, 0.15) is 22.8 Å². The number of anilines is 3. The molecule has 6 heteroatoms. The van der Waals surface area contributed by atoms with Gasteiger partial charge < -0.3 is 10.2 Å². The van der Waals surface area contributed by atoms with Gasteiger partial charge in [-0.15, -0.1) is 11.3 Å². The Kier molecular flexibility index (Phi) is 5.21. The van der Waals surface area contributed by atoms with Crippen molar-refractivity contribution in [3.05, 3.63) is 66.1 Å². The van der Waals surface area contributed by atoms with Crippen molar-refractivity contribution in [2.75, 3.05) is 23.3 Å². The van der Waals surface area contributed by atoms with Crippen LogP contribution in [-0.2, 0) is 0 Å². The van der Waals surface area contributed by atoms with E-state index < -0.39 is 0 Å². The molecule has 0 aliphatic rings. The first-order chi connectivity index (χ1) is 13.7. The molecule has 4 nitrogen and oxygen atoms in total. The number of thiophene rings is 1. The monoisotopic (exact) mass is 392 g/mol. The molecule has 4 aromatic rings. The zero-order valence-corrected chi connectivity index (χ0v) is 16.6. The lowest BCUT2D eigenvalue weighted by Gasteiger charge is -2.21. The van der Waals surface area contributed by atoms with Crippen LogP contribution in [0.15, 0.2) is 60.2 Å². The van der Waals surface area contributed by atoms with Crippen LogP contribution in [0.4, 0.5) is 21.6 Å². The van der Waals surface area contributed by atoms with Gasteiger partial charge in [0.15, 0.2) is 0 Å². The summed E-state index contributed by atoms with van der Waals surface area (Å²) in [5.41, 5.74) is 4.11. The highest BCUT2D eigenvalue weighted by molar-refractivity contribution is 7.17. The Bertz CT molecular complexity index is 1070. The number of nitrogens with one attached hydrogen (secondary N) is 1. The summed E-state index contributed by atoms with van der Waals surface area (Å²) in [6.07, 6.45) is 1.57. The molecule has 142 valence electrons. The van der Waals surface area contributed by atoms with Crippen LogP contribution in [0.25, 0.3) is 21.3 Å². The van der Waals surface area contributed by atoms with Gasteiger partial charge in [0.2, 0.25) is 0 Å². The van der Waals surface area contributed by atoms with E-state index in [1.54, 1.807) is 29.8 Å². The summed E-state index contributed by atoms with van der Waals surface area (Å²) in [7, 11) is 0. The van der Waals surface area contributed by atoms with E-state index in [0.29, 0.717) is 0 Å². The molecule has 0 amide bonds. The number of hydrogen-bond donors (Lipinski definition) is 1. The van der Waals surface area contributed by atoms with E-state index in [9.17, 15) is 4.39 Å². The number of hydrogen-bond acceptors (Lipinski definition) is 5. The van der Waals surface area contributed by atoms with Gasteiger partial charge in [-0.1, -0.05) is 12.1 Å². The first-order valence-electron chi connectivity index (χ1n) is 9.29. The number of nitrogens with zero attached hydrogens (tertiary/aromatic N) is 3. The molecule has 0 radical (unpaired) electrons. The topological polar surface area (TPSA) is 41.0 Å². The molecule has 2 aromatic carbocycles. The van der Waals surface area contributed by atoms with E-state index in [0.717, 1.165) is 45.9 Å². The van der Waals surface area contributed by atoms with Crippen molar-refractivity contribution in [3.63, 3.8) is 0 Å². The number of benzene rings is 2. The van der Waals surface area contributed by atoms with Gasteiger partial charge in [0.05, 0.1) is 5.39 Å². The van der Waals surface area contributed by atoms with Gasteiger partial charge >= 0.3 is 0 Å². The van der Waals surface area contributed by atoms with Crippen LogP contribution in [0, 0.1) is 5.82 Å². The third-order valence-electron chi connectivity index (χ3n) is 4.78. The second kappa shape index (κ2) is 7.94. The second-order valence-corrected chi connectivity index (χ2v) is 7.26. The molecule has 2 heterocycles. The van der Waals surface area contributed by atoms with Crippen molar-refractivity contribution < 1.29 is 4.39 Å². The number of halogens is 1. The SMILES string of the molecule is CCN(CC)c1ccc(Nc2ncnc3scc(-c4ccc(F)cc4)c23)cc1. The quantitative estimate of drug-likeness (QED) is 0.431. The van der Waals surface area contributed by atoms with Gasteiger partial charge in [0, 0.05) is 35.4 Å². The maximum atomic E-state index is 13.3. The summed E-state index contributed by atoms with van der Waals surface area (Å²) in [5.74, 6) is 0.507. The van der Waals surface area contributed by atoms with Crippen molar-refractivity contribution in [1.29, 1.82) is 0 Å². The van der Waals surface area contributed by atoms with Crippen LogP contribution in [0.1, 0.15) is 13.8 Å². The highest BCUT2D eigenvalue weighted by atomic mass is 32.1. The molecule has 0 spiro atoms. The number of aromatic nitrogens is 2. The van der Waals surface area contributed by atoms with E-state index in [-0.39, 0.29) is 5.82 Å². The van der Waals surface area contributed by atoms with Crippen LogP contribution in [-0.4, -0.2) is 23.1 Å². The molecule has 0 fully saturated rings. The molecule has 2 aromatic heterocycles. The molecule has 0 aliphatic carbocycles. The molecule has 1 N–H and O–H groups in total. The normalized spacial score (nSPS) is 11.0. The van der Waals surface area contributed by atoms with Crippen LogP contribution >= 0.6 is 11.3 Å². The number of rotatable bonds is 6. The van der Waals surface area contributed by atoms with E-state index in [2.05, 4.69) is 58.3 Å². The molecular formula is C22H21FN4S. The Balaban J connectivity index is 1.69. The van der Waals surface area contributed by atoms with Gasteiger partial charge in [-0.3, -0.25) is 0 Å². The Hall–Kier alpha value is -2.99. The summed E-state index contributed by atoms with van der Waals surface area (Å²) in [5, 5.41) is 6.41. The average molecular weight is 393 g/mol. The molecule has 0 aliphatic heterocycles. The minimum Gasteiger partial charge on any atom is -0.372 e. The van der Waals surface area contributed by atoms with Crippen molar-refractivity contribution in [1.82, 2.24) is 9.97 Å². The fourth-order valence-corrected chi connectivity index (χ4v) is 4.21. The van der Waals surface area contributed by atoms with Crippen molar-refractivity contribution in [3.8, 4) is 11.1 Å².